The van der Waals surface area contributed by atoms with E-state index in [4.69, 9.17) is 8.85 Å². The highest BCUT2D eigenvalue weighted by molar-refractivity contribution is 6.75. The molecule has 0 fully saturated rings. The summed E-state index contributed by atoms with van der Waals surface area (Å²) in [6.07, 6.45) is 11.8. The Labute approximate surface area is 205 Å². The van der Waals surface area contributed by atoms with Crippen LogP contribution in [0.1, 0.15) is 25.5 Å². The molecule has 180 valence electrons. The number of benzene rings is 1. The SMILES string of the molecule is C=CC[Si](CC=C)(CC=C)OCC(C)(C)C(O[Si](CC=C)(CC=C)CC=C)c1ccccc1. The summed E-state index contributed by atoms with van der Waals surface area (Å²) in [4.78, 5) is 0. The minimum Gasteiger partial charge on any atom is -0.415 e. The lowest BCUT2D eigenvalue weighted by Gasteiger charge is -2.43. The van der Waals surface area contributed by atoms with Gasteiger partial charge in [0.2, 0.25) is 16.6 Å². The van der Waals surface area contributed by atoms with Crippen LogP contribution in [-0.4, -0.2) is 23.2 Å². The van der Waals surface area contributed by atoms with E-state index in [-0.39, 0.29) is 11.5 Å². The molecule has 1 atom stereocenters. The fourth-order valence-electron chi connectivity index (χ4n) is 4.37. The van der Waals surface area contributed by atoms with Crippen LogP contribution in [0, 0.1) is 5.41 Å². The zero-order chi connectivity index (χ0) is 24.8. The largest absolute Gasteiger partial charge is 0.415 e. The maximum Gasteiger partial charge on any atom is 0.204 e. The molecule has 0 saturated heterocycles. The van der Waals surface area contributed by atoms with Crippen LogP contribution >= 0.6 is 0 Å². The van der Waals surface area contributed by atoms with Crippen LogP contribution in [0.3, 0.4) is 0 Å². The van der Waals surface area contributed by atoms with Crippen molar-refractivity contribution in [2.75, 3.05) is 6.61 Å². The molecule has 0 aliphatic rings. The Morgan fingerprint density at radius 3 is 1.48 bits per heavy atom. The summed E-state index contributed by atoms with van der Waals surface area (Å²) >= 11 is 0. The first-order valence-electron chi connectivity index (χ1n) is 11.8. The van der Waals surface area contributed by atoms with E-state index in [9.17, 15) is 0 Å². The molecule has 0 aliphatic heterocycles. The third kappa shape index (κ3) is 8.71. The van der Waals surface area contributed by atoms with Gasteiger partial charge in [0.1, 0.15) is 0 Å². The van der Waals surface area contributed by atoms with Crippen LogP contribution in [0.25, 0.3) is 0 Å². The number of allylic oxidation sites excluding steroid dienone is 6. The van der Waals surface area contributed by atoms with Crippen molar-refractivity contribution in [2.45, 2.75) is 56.2 Å². The molecule has 0 aromatic heterocycles. The predicted molar refractivity (Wildman–Crippen MR) is 152 cm³/mol. The Morgan fingerprint density at radius 2 is 1.09 bits per heavy atom. The Morgan fingerprint density at radius 1 is 0.697 bits per heavy atom. The fraction of sp³-hybridized carbons (Fsp3) is 0.379. The Hall–Kier alpha value is -1.99. The predicted octanol–water partition coefficient (Wildman–Crippen LogP) is 8.79. The van der Waals surface area contributed by atoms with Crippen LogP contribution in [-0.2, 0) is 8.85 Å². The van der Waals surface area contributed by atoms with Gasteiger partial charge in [-0.1, -0.05) is 80.6 Å². The third-order valence-electron chi connectivity index (χ3n) is 6.03. The quantitative estimate of drug-likeness (QED) is 0.145. The molecule has 1 aromatic carbocycles. The van der Waals surface area contributed by atoms with Gasteiger partial charge >= 0.3 is 0 Å². The van der Waals surface area contributed by atoms with Gasteiger partial charge in [-0.05, 0) is 41.8 Å². The van der Waals surface area contributed by atoms with Crippen molar-refractivity contribution in [3.8, 4) is 0 Å². The second-order valence-corrected chi connectivity index (χ2v) is 17.2. The second kappa shape index (κ2) is 14.3. The highest BCUT2D eigenvalue weighted by atomic mass is 28.4. The highest BCUT2D eigenvalue weighted by Gasteiger charge is 2.42. The molecule has 0 bridgehead atoms. The molecular formula is C29H44O2Si2. The van der Waals surface area contributed by atoms with Crippen molar-refractivity contribution in [2.24, 2.45) is 5.41 Å². The number of hydrogen-bond donors (Lipinski definition) is 0. The van der Waals surface area contributed by atoms with Gasteiger partial charge in [-0.15, -0.1) is 39.5 Å². The minimum atomic E-state index is -2.22. The van der Waals surface area contributed by atoms with Gasteiger partial charge < -0.3 is 8.85 Å². The van der Waals surface area contributed by atoms with E-state index >= 15 is 0 Å². The molecule has 33 heavy (non-hydrogen) atoms. The molecule has 0 saturated carbocycles. The Bertz CT molecular complexity index is 729. The molecule has 0 N–H and O–H groups in total. The van der Waals surface area contributed by atoms with Crippen LogP contribution in [0.15, 0.2) is 106 Å². The highest BCUT2D eigenvalue weighted by Crippen LogP contribution is 2.43. The van der Waals surface area contributed by atoms with Crippen molar-refractivity contribution in [3.05, 3.63) is 112 Å². The maximum atomic E-state index is 7.16. The summed E-state index contributed by atoms with van der Waals surface area (Å²) < 4.78 is 14.0. The van der Waals surface area contributed by atoms with Crippen LogP contribution < -0.4 is 0 Å². The van der Waals surface area contributed by atoms with Crippen molar-refractivity contribution < 1.29 is 8.85 Å². The van der Waals surface area contributed by atoms with Crippen LogP contribution in [0.2, 0.25) is 36.3 Å². The summed E-state index contributed by atoms with van der Waals surface area (Å²) in [6, 6.07) is 15.7. The second-order valence-electron chi connectivity index (χ2n) is 9.51. The molecule has 2 nitrogen and oxygen atoms in total. The average Bonchev–Trinajstić information content (AvgIpc) is 2.78. The van der Waals surface area contributed by atoms with E-state index in [0.29, 0.717) is 6.61 Å². The van der Waals surface area contributed by atoms with E-state index in [1.165, 1.54) is 5.56 Å². The van der Waals surface area contributed by atoms with Crippen molar-refractivity contribution >= 4 is 16.6 Å². The van der Waals surface area contributed by atoms with Gasteiger partial charge in [0.15, 0.2) is 0 Å². The average molecular weight is 481 g/mol. The Kier molecular flexibility index (Phi) is 12.6. The van der Waals surface area contributed by atoms with E-state index in [2.05, 4.69) is 77.6 Å². The van der Waals surface area contributed by atoms with Gasteiger partial charge in [-0.25, -0.2) is 0 Å². The van der Waals surface area contributed by atoms with E-state index in [1.54, 1.807) is 0 Å². The van der Waals surface area contributed by atoms with Crippen molar-refractivity contribution in [3.63, 3.8) is 0 Å². The lowest BCUT2D eigenvalue weighted by atomic mass is 9.83. The first kappa shape index (κ1) is 29.0. The fourth-order valence-corrected chi connectivity index (χ4v) is 10.8. The normalized spacial score (nSPS) is 13.0. The van der Waals surface area contributed by atoms with E-state index < -0.39 is 16.6 Å². The molecular weight excluding hydrogens is 436 g/mol. The monoisotopic (exact) mass is 480 g/mol. The summed E-state index contributed by atoms with van der Waals surface area (Å²) in [5.41, 5.74) is 0.911. The van der Waals surface area contributed by atoms with Crippen molar-refractivity contribution in [1.29, 1.82) is 0 Å². The van der Waals surface area contributed by atoms with E-state index in [0.717, 1.165) is 36.3 Å². The van der Waals surface area contributed by atoms with Crippen LogP contribution in [0.5, 0.6) is 0 Å². The first-order valence-corrected chi connectivity index (χ1v) is 16.9. The molecule has 1 rings (SSSR count). The topological polar surface area (TPSA) is 18.5 Å². The van der Waals surface area contributed by atoms with E-state index in [1.807, 2.05) is 42.5 Å². The third-order valence-corrected chi connectivity index (χ3v) is 13.7. The molecule has 4 heteroatoms. The minimum absolute atomic E-state index is 0.117. The summed E-state index contributed by atoms with van der Waals surface area (Å²) in [6.45, 7) is 29.1. The number of rotatable bonds is 19. The van der Waals surface area contributed by atoms with Crippen molar-refractivity contribution in [1.82, 2.24) is 0 Å². The lowest BCUT2D eigenvalue weighted by Crippen LogP contribution is -2.45. The molecule has 0 aliphatic carbocycles. The Balaban J connectivity index is 3.39. The van der Waals surface area contributed by atoms with Gasteiger partial charge in [0.05, 0.1) is 6.10 Å². The zero-order valence-corrected chi connectivity index (χ0v) is 22.9. The molecule has 0 heterocycles. The summed E-state index contributed by atoms with van der Waals surface area (Å²) in [5.74, 6) is 0. The van der Waals surface area contributed by atoms with Gasteiger partial charge in [-0.2, -0.15) is 0 Å². The van der Waals surface area contributed by atoms with Crippen LogP contribution in [0.4, 0.5) is 0 Å². The molecule has 1 unspecified atom stereocenters. The molecule has 0 amide bonds. The molecule has 1 aromatic rings. The zero-order valence-electron chi connectivity index (χ0n) is 20.9. The van der Waals surface area contributed by atoms with Gasteiger partial charge in [0, 0.05) is 12.0 Å². The smallest absolute Gasteiger partial charge is 0.204 e. The summed E-state index contributed by atoms with van der Waals surface area (Å²) in [5, 5.41) is 0. The molecule has 0 spiro atoms. The summed E-state index contributed by atoms with van der Waals surface area (Å²) in [7, 11) is -4.32. The lowest BCUT2D eigenvalue weighted by molar-refractivity contribution is 0.0221. The standard InChI is InChI=1S/C29H44O2Si2/c1-9-20-32(21-10-2,22-11-3)30-26-29(7,8)28(27-18-16-15-17-19-27)31-33(23-12-4,24-13-5)25-14-6/h9-19,28H,1-6,20-26H2,7-8H3. The van der Waals surface area contributed by atoms with Gasteiger partial charge in [-0.3, -0.25) is 0 Å². The molecule has 0 radical (unpaired) electrons. The number of hydrogen-bond acceptors (Lipinski definition) is 2. The first-order chi connectivity index (χ1) is 15.8. The van der Waals surface area contributed by atoms with Gasteiger partial charge in [0.25, 0.3) is 0 Å². The maximum absolute atomic E-state index is 7.16.